The SMILES string of the molecule is COCC(=O)Nc1cccc(NC(=O)c2ccccc2SCc2csc(C)n2)c1. The minimum absolute atomic E-state index is 0.0281. The van der Waals surface area contributed by atoms with E-state index in [-0.39, 0.29) is 18.4 Å². The second-order valence-corrected chi connectivity index (χ2v) is 8.24. The Morgan fingerprint density at radius 1 is 1.10 bits per heavy atom. The number of nitrogens with zero attached hydrogens (tertiary/aromatic N) is 1. The van der Waals surface area contributed by atoms with E-state index in [1.807, 2.05) is 30.5 Å². The zero-order valence-corrected chi connectivity index (χ0v) is 17.7. The number of benzene rings is 2. The Hall–Kier alpha value is -2.68. The molecule has 1 aromatic heterocycles. The number of carbonyl (C=O) groups is 2. The topological polar surface area (TPSA) is 80.3 Å². The van der Waals surface area contributed by atoms with Crippen molar-refractivity contribution in [3.8, 4) is 0 Å². The molecule has 0 aliphatic rings. The summed E-state index contributed by atoms with van der Waals surface area (Å²) in [5.41, 5.74) is 2.79. The number of anilines is 2. The normalized spacial score (nSPS) is 10.6. The summed E-state index contributed by atoms with van der Waals surface area (Å²) < 4.78 is 4.81. The number of aromatic nitrogens is 1. The summed E-state index contributed by atoms with van der Waals surface area (Å²) >= 11 is 3.20. The molecule has 0 spiro atoms. The highest BCUT2D eigenvalue weighted by molar-refractivity contribution is 7.98. The lowest BCUT2D eigenvalue weighted by molar-refractivity contribution is -0.119. The summed E-state index contributed by atoms with van der Waals surface area (Å²) in [6.07, 6.45) is 0. The molecule has 1 heterocycles. The maximum absolute atomic E-state index is 12.8. The average molecular weight is 428 g/mol. The molecule has 2 amide bonds. The number of amides is 2. The maximum Gasteiger partial charge on any atom is 0.256 e. The lowest BCUT2D eigenvalue weighted by Crippen LogP contribution is -2.17. The monoisotopic (exact) mass is 427 g/mol. The lowest BCUT2D eigenvalue weighted by Gasteiger charge is -2.11. The van der Waals surface area contributed by atoms with Crippen molar-refractivity contribution in [2.45, 2.75) is 17.6 Å². The molecule has 2 N–H and O–H groups in total. The smallest absolute Gasteiger partial charge is 0.256 e. The van der Waals surface area contributed by atoms with Crippen LogP contribution in [0, 0.1) is 6.92 Å². The van der Waals surface area contributed by atoms with E-state index in [0.29, 0.717) is 22.7 Å². The molecule has 0 aliphatic heterocycles. The summed E-state index contributed by atoms with van der Waals surface area (Å²) in [7, 11) is 1.46. The number of hydrogen-bond acceptors (Lipinski definition) is 6. The maximum atomic E-state index is 12.8. The van der Waals surface area contributed by atoms with Crippen molar-refractivity contribution in [2.24, 2.45) is 0 Å². The Morgan fingerprint density at radius 2 is 1.86 bits per heavy atom. The highest BCUT2D eigenvalue weighted by atomic mass is 32.2. The van der Waals surface area contributed by atoms with Gasteiger partial charge >= 0.3 is 0 Å². The zero-order valence-electron chi connectivity index (χ0n) is 16.1. The van der Waals surface area contributed by atoms with E-state index < -0.39 is 0 Å². The second kappa shape index (κ2) is 10.2. The van der Waals surface area contributed by atoms with Crippen molar-refractivity contribution < 1.29 is 14.3 Å². The molecule has 8 heteroatoms. The average Bonchev–Trinajstić information content (AvgIpc) is 3.12. The van der Waals surface area contributed by atoms with Crippen molar-refractivity contribution in [1.29, 1.82) is 0 Å². The number of ether oxygens (including phenoxy) is 1. The fourth-order valence-electron chi connectivity index (χ4n) is 2.61. The van der Waals surface area contributed by atoms with Gasteiger partial charge in [-0.1, -0.05) is 18.2 Å². The molecule has 0 radical (unpaired) electrons. The van der Waals surface area contributed by atoms with Crippen LogP contribution in [-0.4, -0.2) is 30.5 Å². The predicted octanol–water partition coefficient (Wildman–Crippen LogP) is 4.58. The molecule has 0 unspecified atom stereocenters. The van der Waals surface area contributed by atoms with Crippen LogP contribution in [-0.2, 0) is 15.3 Å². The number of methoxy groups -OCH3 is 1. The third-order valence-electron chi connectivity index (χ3n) is 3.85. The molecule has 150 valence electrons. The standard InChI is InChI=1S/C21H21N3O3S2/c1-14-22-17(12-28-14)13-29-19-9-4-3-8-18(19)21(26)24-16-7-5-6-15(10-16)23-20(25)11-27-2/h3-10,12H,11,13H2,1-2H3,(H,23,25)(H,24,26). The van der Waals surface area contributed by atoms with Gasteiger partial charge in [0.15, 0.2) is 0 Å². The van der Waals surface area contributed by atoms with Crippen LogP contribution < -0.4 is 10.6 Å². The largest absolute Gasteiger partial charge is 0.375 e. The highest BCUT2D eigenvalue weighted by Gasteiger charge is 2.13. The van der Waals surface area contributed by atoms with Gasteiger partial charge in [0.1, 0.15) is 6.61 Å². The molecular formula is C21H21N3O3S2. The lowest BCUT2D eigenvalue weighted by atomic mass is 10.2. The van der Waals surface area contributed by atoms with Crippen LogP contribution in [0.1, 0.15) is 21.1 Å². The van der Waals surface area contributed by atoms with Gasteiger partial charge < -0.3 is 15.4 Å². The van der Waals surface area contributed by atoms with Crippen molar-refractivity contribution in [1.82, 2.24) is 4.98 Å². The number of hydrogen-bond donors (Lipinski definition) is 2. The first kappa shape index (κ1) is 21.0. The van der Waals surface area contributed by atoms with Crippen LogP contribution >= 0.6 is 23.1 Å². The van der Waals surface area contributed by atoms with E-state index in [2.05, 4.69) is 15.6 Å². The Morgan fingerprint density at radius 3 is 2.59 bits per heavy atom. The molecule has 0 fully saturated rings. The van der Waals surface area contributed by atoms with Gasteiger partial charge in [0.25, 0.3) is 5.91 Å². The quantitative estimate of drug-likeness (QED) is 0.514. The molecule has 6 nitrogen and oxygen atoms in total. The molecule has 0 saturated heterocycles. The van der Waals surface area contributed by atoms with E-state index in [1.54, 1.807) is 53.4 Å². The van der Waals surface area contributed by atoms with E-state index in [9.17, 15) is 9.59 Å². The van der Waals surface area contributed by atoms with E-state index >= 15 is 0 Å². The zero-order chi connectivity index (χ0) is 20.6. The van der Waals surface area contributed by atoms with Crippen molar-refractivity contribution >= 4 is 46.3 Å². The summed E-state index contributed by atoms with van der Waals surface area (Å²) in [5.74, 6) is 0.244. The number of aryl methyl sites for hydroxylation is 1. The number of thiazole rings is 1. The Bertz CT molecular complexity index is 1000. The van der Waals surface area contributed by atoms with Crippen LogP contribution in [0.3, 0.4) is 0 Å². The number of carbonyl (C=O) groups excluding carboxylic acids is 2. The molecule has 0 saturated carbocycles. The van der Waals surface area contributed by atoms with Crippen LogP contribution in [0.4, 0.5) is 11.4 Å². The fourth-order valence-corrected chi connectivity index (χ4v) is 4.27. The van der Waals surface area contributed by atoms with Crippen LogP contribution in [0.15, 0.2) is 58.8 Å². The first-order chi connectivity index (χ1) is 14.0. The van der Waals surface area contributed by atoms with Crippen molar-refractivity contribution in [2.75, 3.05) is 24.4 Å². The summed E-state index contributed by atoms with van der Waals surface area (Å²) in [6.45, 7) is 1.95. The molecule has 0 atom stereocenters. The van der Waals surface area contributed by atoms with Gasteiger partial charge in [-0.25, -0.2) is 4.98 Å². The Balaban J connectivity index is 1.68. The van der Waals surface area contributed by atoms with Crippen LogP contribution in [0.2, 0.25) is 0 Å². The highest BCUT2D eigenvalue weighted by Crippen LogP contribution is 2.27. The van der Waals surface area contributed by atoms with Gasteiger partial charge in [-0.05, 0) is 37.3 Å². The summed E-state index contributed by atoms with van der Waals surface area (Å²) in [6, 6.07) is 14.5. The minimum atomic E-state index is -0.255. The molecule has 0 aliphatic carbocycles. The molecule has 29 heavy (non-hydrogen) atoms. The van der Waals surface area contributed by atoms with Gasteiger partial charge in [-0.2, -0.15) is 0 Å². The van der Waals surface area contributed by atoms with Crippen molar-refractivity contribution in [3.63, 3.8) is 0 Å². The van der Waals surface area contributed by atoms with Crippen molar-refractivity contribution in [3.05, 3.63) is 70.2 Å². The molecule has 0 bridgehead atoms. The van der Waals surface area contributed by atoms with E-state index in [4.69, 9.17) is 4.74 Å². The van der Waals surface area contributed by atoms with Gasteiger partial charge in [0.05, 0.1) is 16.3 Å². The van der Waals surface area contributed by atoms with Gasteiger partial charge in [0.2, 0.25) is 5.91 Å². The van der Waals surface area contributed by atoms with Gasteiger partial charge in [-0.15, -0.1) is 23.1 Å². The number of thioether (sulfide) groups is 1. The number of rotatable bonds is 8. The summed E-state index contributed by atoms with van der Waals surface area (Å²) in [5, 5.41) is 8.69. The molecule has 3 aromatic rings. The minimum Gasteiger partial charge on any atom is -0.375 e. The molecule has 2 aromatic carbocycles. The first-order valence-electron chi connectivity index (χ1n) is 8.88. The van der Waals surface area contributed by atoms with E-state index in [1.165, 1.54) is 7.11 Å². The van der Waals surface area contributed by atoms with Crippen LogP contribution in [0.5, 0.6) is 0 Å². The molecular weight excluding hydrogens is 406 g/mol. The third kappa shape index (κ3) is 6.15. The number of nitrogens with one attached hydrogen (secondary N) is 2. The third-order valence-corrected chi connectivity index (χ3v) is 5.78. The predicted molar refractivity (Wildman–Crippen MR) is 118 cm³/mol. The van der Waals surface area contributed by atoms with E-state index in [0.717, 1.165) is 15.6 Å². The summed E-state index contributed by atoms with van der Waals surface area (Å²) in [4.78, 5) is 29.9. The molecule has 3 rings (SSSR count). The fraction of sp³-hybridized carbons (Fsp3) is 0.190. The Labute approximate surface area is 177 Å². The first-order valence-corrected chi connectivity index (χ1v) is 10.7. The van der Waals surface area contributed by atoms with Gasteiger partial charge in [0, 0.05) is 34.5 Å². The van der Waals surface area contributed by atoms with Crippen LogP contribution in [0.25, 0.3) is 0 Å². The van der Waals surface area contributed by atoms with Gasteiger partial charge in [-0.3, -0.25) is 9.59 Å². The Kier molecular flexibility index (Phi) is 7.40. The second-order valence-electron chi connectivity index (χ2n) is 6.16.